The van der Waals surface area contributed by atoms with Crippen molar-refractivity contribution in [3.8, 4) is 0 Å². The van der Waals surface area contributed by atoms with Gasteiger partial charge in [0.05, 0.1) is 0 Å². The molecule has 2 rings (SSSR count). The second-order valence-electron chi connectivity index (χ2n) is 4.41. The first-order valence-corrected chi connectivity index (χ1v) is 5.87. The Hall–Kier alpha value is -1.69. The Morgan fingerprint density at radius 2 is 2.28 bits per heavy atom. The molecule has 6 heteroatoms. The summed E-state index contributed by atoms with van der Waals surface area (Å²) in [6.45, 7) is 2.03. The molecule has 2 heterocycles. The van der Waals surface area contributed by atoms with Crippen molar-refractivity contribution in [3.63, 3.8) is 0 Å². The van der Waals surface area contributed by atoms with Gasteiger partial charge in [-0.15, -0.1) is 0 Å². The highest BCUT2D eigenvalue weighted by Crippen LogP contribution is 2.11. The molecule has 0 aliphatic carbocycles. The molecule has 1 aliphatic heterocycles. The summed E-state index contributed by atoms with van der Waals surface area (Å²) >= 11 is 0. The summed E-state index contributed by atoms with van der Waals surface area (Å²) in [6.07, 6.45) is 1.30. The van der Waals surface area contributed by atoms with Crippen molar-refractivity contribution in [2.75, 3.05) is 19.6 Å². The van der Waals surface area contributed by atoms with E-state index in [9.17, 15) is 14.0 Å². The van der Waals surface area contributed by atoms with Gasteiger partial charge < -0.3 is 9.67 Å². The lowest BCUT2D eigenvalue weighted by atomic mass is 10.3. The lowest BCUT2D eigenvalue weighted by molar-refractivity contribution is 0.0694. The number of hydrogen-bond acceptors (Lipinski definition) is 3. The smallest absolute Gasteiger partial charge is 0.341 e. The molecule has 98 valence electrons. The van der Waals surface area contributed by atoms with Crippen LogP contribution in [0.5, 0.6) is 0 Å². The zero-order valence-corrected chi connectivity index (χ0v) is 9.88. The predicted molar refractivity (Wildman–Crippen MR) is 63.6 cm³/mol. The third-order valence-corrected chi connectivity index (χ3v) is 3.12. The summed E-state index contributed by atoms with van der Waals surface area (Å²) in [4.78, 5) is 24.5. The van der Waals surface area contributed by atoms with E-state index in [4.69, 9.17) is 5.11 Å². The molecule has 1 aromatic rings. The third kappa shape index (κ3) is 2.76. The van der Waals surface area contributed by atoms with E-state index in [0.29, 0.717) is 32.6 Å². The average Bonchev–Trinajstić information content (AvgIpc) is 2.73. The van der Waals surface area contributed by atoms with Crippen LogP contribution in [-0.4, -0.2) is 46.3 Å². The van der Waals surface area contributed by atoms with E-state index in [2.05, 4.69) is 0 Å². The fraction of sp³-hybridized carbons (Fsp3) is 0.500. The zero-order chi connectivity index (χ0) is 13.1. The number of alkyl halides is 1. The van der Waals surface area contributed by atoms with Crippen molar-refractivity contribution < 1.29 is 14.3 Å². The van der Waals surface area contributed by atoms with Crippen molar-refractivity contribution in [1.82, 2.24) is 9.47 Å². The topological polar surface area (TPSA) is 62.5 Å². The van der Waals surface area contributed by atoms with E-state index in [1.807, 2.05) is 4.90 Å². The van der Waals surface area contributed by atoms with Crippen molar-refractivity contribution in [1.29, 1.82) is 0 Å². The molecule has 0 unspecified atom stereocenters. The molecule has 1 fully saturated rings. The van der Waals surface area contributed by atoms with Crippen LogP contribution in [-0.2, 0) is 6.54 Å². The molecule has 5 nitrogen and oxygen atoms in total. The standard InChI is InChI=1S/C12H15FN2O3/c13-9-3-5-14(8-9)6-7-15-4-1-2-10(11(15)16)12(17)18/h1-2,4,9H,3,5-8H2,(H,17,18)/t9-/m1/s1. The summed E-state index contributed by atoms with van der Waals surface area (Å²) in [5.74, 6) is -1.22. The Morgan fingerprint density at radius 1 is 1.50 bits per heavy atom. The van der Waals surface area contributed by atoms with Gasteiger partial charge in [0.15, 0.2) is 0 Å². The van der Waals surface area contributed by atoms with Crippen LogP contribution in [0.3, 0.4) is 0 Å². The first-order valence-electron chi connectivity index (χ1n) is 5.87. The first-order chi connectivity index (χ1) is 8.58. The van der Waals surface area contributed by atoms with E-state index in [0.717, 1.165) is 0 Å². The van der Waals surface area contributed by atoms with Gasteiger partial charge in [0, 0.05) is 32.4 Å². The molecule has 0 amide bonds. The Bertz CT molecular complexity index is 500. The number of pyridine rings is 1. The number of carboxylic acids is 1. The van der Waals surface area contributed by atoms with E-state index in [1.54, 1.807) is 6.20 Å². The molecule has 0 aromatic carbocycles. The minimum absolute atomic E-state index is 0.234. The van der Waals surface area contributed by atoms with Crippen LogP contribution >= 0.6 is 0 Å². The monoisotopic (exact) mass is 254 g/mol. The van der Waals surface area contributed by atoms with E-state index >= 15 is 0 Å². The number of rotatable bonds is 4. The minimum atomic E-state index is -1.22. The average molecular weight is 254 g/mol. The van der Waals surface area contributed by atoms with Gasteiger partial charge in [-0.2, -0.15) is 0 Å². The Labute approximate surface area is 103 Å². The van der Waals surface area contributed by atoms with Gasteiger partial charge in [0.2, 0.25) is 0 Å². The van der Waals surface area contributed by atoms with Gasteiger partial charge in [0.25, 0.3) is 5.56 Å². The van der Waals surface area contributed by atoms with E-state index in [-0.39, 0.29) is 5.56 Å². The van der Waals surface area contributed by atoms with Crippen molar-refractivity contribution in [2.45, 2.75) is 19.1 Å². The predicted octanol–water partition coefficient (Wildman–Crippen LogP) is 0.590. The molecular formula is C12H15FN2O3. The largest absolute Gasteiger partial charge is 0.477 e. The van der Waals surface area contributed by atoms with Crippen LogP contribution in [0.4, 0.5) is 4.39 Å². The molecule has 0 radical (unpaired) electrons. The summed E-state index contributed by atoms with van der Waals surface area (Å²) in [5, 5.41) is 8.83. The Kier molecular flexibility index (Phi) is 3.76. The first kappa shape index (κ1) is 12.8. The molecule has 1 aromatic heterocycles. The second-order valence-corrected chi connectivity index (χ2v) is 4.41. The number of likely N-dealkylation sites (tertiary alicyclic amines) is 1. The van der Waals surface area contributed by atoms with Crippen molar-refractivity contribution >= 4 is 5.97 Å². The Balaban J connectivity index is 2.04. The summed E-state index contributed by atoms with van der Waals surface area (Å²) in [7, 11) is 0. The van der Waals surface area contributed by atoms with Crippen LogP contribution in [0.15, 0.2) is 23.1 Å². The van der Waals surface area contributed by atoms with Crippen molar-refractivity contribution in [3.05, 3.63) is 34.2 Å². The zero-order valence-electron chi connectivity index (χ0n) is 9.88. The molecule has 0 saturated carbocycles. The third-order valence-electron chi connectivity index (χ3n) is 3.12. The summed E-state index contributed by atoms with van der Waals surface area (Å²) in [6, 6.07) is 2.82. The number of carboxylic acid groups (broad SMARTS) is 1. The van der Waals surface area contributed by atoms with Crippen molar-refractivity contribution in [2.24, 2.45) is 0 Å². The number of nitrogens with zero attached hydrogens (tertiary/aromatic N) is 2. The number of aromatic nitrogens is 1. The molecule has 1 N–H and O–H groups in total. The minimum Gasteiger partial charge on any atom is -0.477 e. The van der Waals surface area contributed by atoms with Gasteiger partial charge in [-0.25, -0.2) is 9.18 Å². The molecule has 18 heavy (non-hydrogen) atoms. The lowest BCUT2D eigenvalue weighted by Crippen LogP contribution is -2.31. The normalized spacial score (nSPS) is 20.2. The maximum atomic E-state index is 13.0. The fourth-order valence-corrected chi connectivity index (χ4v) is 2.11. The highest BCUT2D eigenvalue weighted by Gasteiger charge is 2.21. The van der Waals surface area contributed by atoms with Crippen LogP contribution in [0, 0.1) is 0 Å². The highest BCUT2D eigenvalue weighted by atomic mass is 19.1. The van der Waals surface area contributed by atoms with Gasteiger partial charge in [-0.1, -0.05) is 0 Å². The van der Waals surface area contributed by atoms with Crippen LogP contribution in [0.1, 0.15) is 16.8 Å². The van der Waals surface area contributed by atoms with Gasteiger partial charge >= 0.3 is 5.97 Å². The van der Waals surface area contributed by atoms with Gasteiger partial charge in [-0.3, -0.25) is 9.69 Å². The second kappa shape index (κ2) is 5.30. The number of carbonyl (C=O) groups is 1. The van der Waals surface area contributed by atoms with Crippen LogP contribution < -0.4 is 5.56 Å². The van der Waals surface area contributed by atoms with Gasteiger partial charge in [-0.05, 0) is 18.6 Å². The van der Waals surface area contributed by atoms with Crippen LogP contribution in [0.25, 0.3) is 0 Å². The SMILES string of the molecule is O=C(O)c1cccn(CCN2CC[C@@H](F)C2)c1=O. The Morgan fingerprint density at radius 3 is 2.89 bits per heavy atom. The fourth-order valence-electron chi connectivity index (χ4n) is 2.11. The quantitative estimate of drug-likeness (QED) is 0.854. The summed E-state index contributed by atoms with van der Waals surface area (Å²) in [5.41, 5.74) is -0.747. The lowest BCUT2D eigenvalue weighted by Gasteiger charge is -2.15. The highest BCUT2D eigenvalue weighted by molar-refractivity contribution is 5.86. The molecular weight excluding hydrogens is 239 g/mol. The number of aromatic carboxylic acids is 1. The summed E-state index contributed by atoms with van der Waals surface area (Å²) < 4.78 is 14.3. The van der Waals surface area contributed by atoms with Gasteiger partial charge in [0.1, 0.15) is 11.7 Å². The van der Waals surface area contributed by atoms with E-state index < -0.39 is 17.7 Å². The number of halogens is 1. The molecule has 1 aliphatic rings. The molecule has 0 bridgehead atoms. The molecule has 1 saturated heterocycles. The maximum absolute atomic E-state index is 13.0. The molecule has 0 spiro atoms. The number of hydrogen-bond donors (Lipinski definition) is 1. The van der Waals surface area contributed by atoms with E-state index in [1.165, 1.54) is 16.7 Å². The van der Waals surface area contributed by atoms with Crippen LogP contribution in [0.2, 0.25) is 0 Å². The maximum Gasteiger partial charge on any atom is 0.341 e. The molecule has 1 atom stereocenters.